The number of likely N-dealkylation sites (N-methyl/N-ethyl adjacent to an activating group) is 1. The van der Waals surface area contributed by atoms with E-state index in [1.807, 2.05) is 37.4 Å². The third-order valence-electron chi connectivity index (χ3n) is 4.73. The molecule has 0 bridgehead atoms. The van der Waals surface area contributed by atoms with Crippen LogP contribution in [0.25, 0.3) is 6.08 Å². The SMILES string of the molecule is COc1ccc(C=C(NC(=O)c2ccccc2)C(=O)N2CCN(C)CC2)cc1. The number of benzene rings is 2. The van der Waals surface area contributed by atoms with Crippen molar-refractivity contribution < 1.29 is 14.3 Å². The quantitative estimate of drug-likeness (QED) is 0.810. The van der Waals surface area contributed by atoms with Gasteiger partial charge < -0.3 is 19.9 Å². The summed E-state index contributed by atoms with van der Waals surface area (Å²) in [6, 6.07) is 16.2. The number of nitrogens with zero attached hydrogens (tertiary/aromatic N) is 2. The van der Waals surface area contributed by atoms with Crippen molar-refractivity contribution in [1.29, 1.82) is 0 Å². The lowest BCUT2D eigenvalue weighted by atomic mass is 10.1. The Kier molecular flexibility index (Phi) is 6.45. The molecule has 0 radical (unpaired) electrons. The molecule has 0 saturated carbocycles. The highest BCUT2D eigenvalue weighted by Crippen LogP contribution is 2.15. The van der Waals surface area contributed by atoms with E-state index in [0.717, 1.165) is 24.4 Å². The van der Waals surface area contributed by atoms with Crippen LogP contribution in [0, 0.1) is 0 Å². The molecule has 6 heteroatoms. The number of piperazine rings is 1. The largest absolute Gasteiger partial charge is 0.497 e. The van der Waals surface area contributed by atoms with Crippen LogP contribution in [-0.2, 0) is 4.79 Å². The molecule has 146 valence electrons. The molecule has 2 aromatic carbocycles. The van der Waals surface area contributed by atoms with E-state index in [1.54, 1.807) is 42.4 Å². The maximum Gasteiger partial charge on any atom is 0.270 e. The van der Waals surface area contributed by atoms with Crippen LogP contribution < -0.4 is 10.1 Å². The van der Waals surface area contributed by atoms with Gasteiger partial charge in [0.15, 0.2) is 0 Å². The zero-order chi connectivity index (χ0) is 19.9. The normalized spacial score (nSPS) is 15.2. The lowest BCUT2D eigenvalue weighted by molar-refractivity contribution is -0.128. The predicted molar refractivity (Wildman–Crippen MR) is 109 cm³/mol. The summed E-state index contributed by atoms with van der Waals surface area (Å²) in [5, 5.41) is 2.80. The number of carbonyl (C=O) groups is 2. The number of nitrogens with one attached hydrogen (secondary N) is 1. The van der Waals surface area contributed by atoms with E-state index in [1.165, 1.54) is 0 Å². The van der Waals surface area contributed by atoms with Gasteiger partial charge in [-0.15, -0.1) is 0 Å². The van der Waals surface area contributed by atoms with Gasteiger partial charge in [-0.05, 0) is 43.0 Å². The molecule has 1 fully saturated rings. The predicted octanol–water partition coefficient (Wildman–Crippen LogP) is 2.24. The van der Waals surface area contributed by atoms with Gasteiger partial charge in [0.2, 0.25) is 0 Å². The van der Waals surface area contributed by atoms with E-state index < -0.39 is 0 Å². The molecular formula is C22H25N3O3. The van der Waals surface area contributed by atoms with Crippen LogP contribution in [0.1, 0.15) is 15.9 Å². The highest BCUT2D eigenvalue weighted by molar-refractivity contribution is 6.05. The van der Waals surface area contributed by atoms with Crippen LogP contribution in [-0.4, -0.2) is 62.0 Å². The van der Waals surface area contributed by atoms with Crippen molar-refractivity contribution in [2.45, 2.75) is 0 Å². The fraction of sp³-hybridized carbons (Fsp3) is 0.273. The summed E-state index contributed by atoms with van der Waals surface area (Å²) in [6.45, 7) is 2.90. The molecule has 0 aliphatic carbocycles. The Morgan fingerprint density at radius 2 is 1.61 bits per heavy atom. The van der Waals surface area contributed by atoms with Crippen LogP contribution in [0.3, 0.4) is 0 Å². The Hall–Kier alpha value is -3.12. The summed E-state index contributed by atoms with van der Waals surface area (Å²) in [5.74, 6) is 0.258. The monoisotopic (exact) mass is 379 g/mol. The van der Waals surface area contributed by atoms with Gasteiger partial charge in [-0.3, -0.25) is 9.59 Å². The second-order valence-corrected chi connectivity index (χ2v) is 6.75. The van der Waals surface area contributed by atoms with Crippen molar-refractivity contribution in [2.75, 3.05) is 40.3 Å². The van der Waals surface area contributed by atoms with Crippen LogP contribution >= 0.6 is 0 Å². The number of rotatable bonds is 5. The first kappa shape index (κ1) is 19.6. The van der Waals surface area contributed by atoms with Crippen molar-refractivity contribution in [1.82, 2.24) is 15.1 Å². The average molecular weight is 379 g/mol. The molecule has 6 nitrogen and oxygen atoms in total. The van der Waals surface area contributed by atoms with Crippen molar-refractivity contribution in [3.05, 3.63) is 71.4 Å². The molecule has 0 unspecified atom stereocenters. The van der Waals surface area contributed by atoms with E-state index in [2.05, 4.69) is 10.2 Å². The van der Waals surface area contributed by atoms with Gasteiger partial charge in [-0.1, -0.05) is 30.3 Å². The first-order valence-electron chi connectivity index (χ1n) is 9.27. The molecule has 28 heavy (non-hydrogen) atoms. The van der Waals surface area contributed by atoms with E-state index in [4.69, 9.17) is 4.74 Å². The summed E-state index contributed by atoms with van der Waals surface area (Å²) in [7, 11) is 3.64. The summed E-state index contributed by atoms with van der Waals surface area (Å²) in [6.07, 6.45) is 1.71. The average Bonchev–Trinajstić information content (AvgIpc) is 2.74. The number of hydrogen-bond donors (Lipinski definition) is 1. The van der Waals surface area contributed by atoms with Gasteiger partial charge >= 0.3 is 0 Å². The number of carbonyl (C=O) groups excluding carboxylic acids is 2. The highest BCUT2D eigenvalue weighted by atomic mass is 16.5. The summed E-state index contributed by atoms with van der Waals surface area (Å²) in [4.78, 5) is 29.7. The van der Waals surface area contributed by atoms with Crippen LogP contribution in [0.4, 0.5) is 0 Å². The molecule has 3 rings (SSSR count). The molecule has 2 amide bonds. The minimum Gasteiger partial charge on any atom is -0.497 e. The third-order valence-corrected chi connectivity index (χ3v) is 4.73. The van der Waals surface area contributed by atoms with E-state index >= 15 is 0 Å². The number of methoxy groups -OCH3 is 1. The molecule has 0 spiro atoms. The van der Waals surface area contributed by atoms with Gasteiger partial charge in [0, 0.05) is 31.7 Å². The molecule has 0 atom stereocenters. The van der Waals surface area contributed by atoms with E-state index in [-0.39, 0.29) is 17.5 Å². The minimum atomic E-state index is -0.303. The minimum absolute atomic E-state index is 0.173. The standard InChI is InChI=1S/C22H25N3O3/c1-24-12-14-25(15-13-24)22(27)20(16-17-8-10-19(28-2)11-9-17)23-21(26)18-6-4-3-5-7-18/h3-11,16H,12-15H2,1-2H3,(H,23,26). The van der Waals surface area contributed by atoms with Crippen molar-refractivity contribution in [2.24, 2.45) is 0 Å². The van der Waals surface area contributed by atoms with Gasteiger partial charge in [-0.2, -0.15) is 0 Å². The number of ether oxygens (including phenoxy) is 1. The fourth-order valence-corrected chi connectivity index (χ4v) is 2.98. The van der Waals surface area contributed by atoms with Crippen molar-refractivity contribution in [3.8, 4) is 5.75 Å². The molecule has 1 aliphatic heterocycles. The van der Waals surface area contributed by atoms with E-state index in [9.17, 15) is 9.59 Å². The van der Waals surface area contributed by atoms with E-state index in [0.29, 0.717) is 18.7 Å². The topological polar surface area (TPSA) is 61.9 Å². The van der Waals surface area contributed by atoms with Gasteiger partial charge in [0.05, 0.1) is 7.11 Å². The Labute approximate surface area is 165 Å². The maximum atomic E-state index is 13.1. The zero-order valence-corrected chi connectivity index (χ0v) is 16.2. The Bertz CT molecular complexity index is 839. The summed E-state index contributed by atoms with van der Waals surface area (Å²) >= 11 is 0. The molecule has 1 aliphatic rings. The number of amides is 2. The second-order valence-electron chi connectivity index (χ2n) is 6.75. The van der Waals surface area contributed by atoms with Crippen LogP contribution in [0.2, 0.25) is 0 Å². The number of hydrogen-bond acceptors (Lipinski definition) is 4. The first-order valence-corrected chi connectivity index (χ1v) is 9.27. The summed E-state index contributed by atoms with van der Waals surface area (Å²) in [5.41, 5.74) is 1.59. The zero-order valence-electron chi connectivity index (χ0n) is 16.2. The second kappa shape index (κ2) is 9.19. The Balaban J connectivity index is 1.85. The van der Waals surface area contributed by atoms with Gasteiger partial charge in [0.25, 0.3) is 11.8 Å². The van der Waals surface area contributed by atoms with Gasteiger partial charge in [-0.25, -0.2) is 0 Å². The maximum absolute atomic E-state index is 13.1. The molecule has 2 aromatic rings. The summed E-state index contributed by atoms with van der Waals surface area (Å²) < 4.78 is 5.18. The first-order chi connectivity index (χ1) is 13.6. The highest BCUT2D eigenvalue weighted by Gasteiger charge is 2.23. The third kappa shape index (κ3) is 4.98. The molecule has 1 heterocycles. The van der Waals surface area contributed by atoms with Crippen molar-refractivity contribution in [3.63, 3.8) is 0 Å². The van der Waals surface area contributed by atoms with Gasteiger partial charge in [0.1, 0.15) is 11.4 Å². The molecular weight excluding hydrogens is 354 g/mol. The molecule has 0 aromatic heterocycles. The Morgan fingerprint density at radius 3 is 2.21 bits per heavy atom. The lowest BCUT2D eigenvalue weighted by Crippen LogP contribution is -2.49. The lowest BCUT2D eigenvalue weighted by Gasteiger charge is -2.33. The molecule has 1 N–H and O–H groups in total. The van der Waals surface area contributed by atoms with Crippen LogP contribution in [0.5, 0.6) is 5.75 Å². The van der Waals surface area contributed by atoms with Crippen molar-refractivity contribution >= 4 is 17.9 Å². The van der Waals surface area contributed by atoms with Crippen LogP contribution in [0.15, 0.2) is 60.3 Å². The molecule has 1 saturated heterocycles. The smallest absolute Gasteiger partial charge is 0.270 e. The Morgan fingerprint density at radius 1 is 0.964 bits per heavy atom. The fourth-order valence-electron chi connectivity index (χ4n) is 2.98.